The number of ether oxygens (including phenoxy) is 2. The van der Waals surface area contributed by atoms with E-state index in [1.54, 1.807) is 31.2 Å². The molecular formula is C16H14N2O4. The van der Waals surface area contributed by atoms with E-state index in [0.29, 0.717) is 17.2 Å². The summed E-state index contributed by atoms with van der Waals surface area (Å²) >= 11 is 0. The fourth-order valence-corrected chi connectivity index (χ4v) is 2.05. The predicted octanol–water partition coefficient (Wildman–Crippen LogP) is 2.27. The van der Waals surface area contributed by atoms with Gasteiger partial charge in [-0.15, -0.1) is 0 Å². The van der Waals surface area contributed by atoms with Crippen LogP contribution in [0.2, 0.25) is 0 Å². The zero-order chi connectivity index (χ0) is 15.5. The standard InChI is InChI=1S/C16H14N2O4/c1-10(11-6-7-14-15(8-11)22-9-21-14)17-18-16(20)12-4-2-3-5-13(12)19/h2-8,19H,9H2,1H3,(H,18,20). The van der Waals surface area contributed by atoms with Crippen molar-refractivity contribution in [2.45, 2.75) is 6.92 Å². The van der Waals surface area contributed by atoms with Crippen molar-refractivity contribution in [3.05, 3.63) is 53.6 Å². The van der Waals surface area contributed by atoms with Gasteiger partial charge in [-0.25, -0.2) is 5.43 Å². The second-order valence-electron chi connectivity index (χ2n) is 4.72. The van der Waals surface area contributed by atoms with Crippen LogP contribution in [0.15, 0.2) is 47.6 Å². The Labute approximate surface area is 127 Å². The molecule has 0 spiro atoms. The first kappa shape index (κ1) is 13.9. The summed E-state index contributed by atoms with van der Waals surface area (Å²) < 4.78 is 10.5. The highest BCUT2D eigenvalue weighted by atomic mass is 16.7. The number of amides is 1. The number of hydrogen-bond acceptors (Lipinski definition) is 5. The number of carbonyl (C=O) groups is 1. The molecule has 22 heavy (non-hydrogen) atoms. The Morgan fingerprint density at radius 2 is 1.95 bits per heavy atom. The van der Waals surface area contributed by atoms with E-state index in [1.807, 2.05) is 6.07 Å². The lowest BCUT2D eigenvalue weighted by molar-refractivity contribution is 0.0952. The van der Waals surface area contributed by atoms with E-state index < -0.39 is 5.91 Å². The monoisotopic (exact) mass is 298 g/mol. The molecule has 1 aliphatic rings. The lowest BCUT2D eigenvalue weighted by Crippen LogP contribution is -2.19. The minimum absolute atomic E-state index is 0.0871. The first-order valence-electron chi connectivity index (χ1n) is 6.68. The average molecular weight is 298 g/mol. The molecule has 2 aromatic rings. The minimum atomic E-state index is -0.474. The van der Waals surface area contributed by atoms with Crippen molar-refractivity contribution >= 4 is 11.6 Å². The molecule has 0 radical (unpaired) electrons. The van der Waals surface area contributed by atoms with Crippen molar-refractivity contribution in [3.63, 3.8) is 0 Å². The molecule has 0 fully saturated rings. The van der Waals surface area contributed by atoms with Gasteiger partial charge in [0.2, 0.25) is 6.79 Å². The minimum Gasteiger partial charge on any atom is -0.507 e. The molecule has 1 aliphatic heterocycles. The zero-order valence-electron chi connectivity index (χ0n) is 11.9. The van der Waals surface area contributed by atoms with Gasteiger partial charge in [0, 0.05) is 5.56 Å². The third-order valence-electron chi connectivity index (χ3n) is 3.26. The van der Waals surface area contributed by atoms with Gasteiger partial charge in [-0.3, -0.25) is 4.79 Å². The van der Waals surface area contributed by atoms with E-state index in [9.17, 15) is 9.90 Å². The summed E-state index contributed by atoms with van der Waals surface area (Å²) in [5.41, 5.74) is 4.01. The molecule has 0 saturated carbocycles. The highest BCUT2D eigenvalue weighted by Crippen LogP contribution is 2.32. The first-order valence-corrected chi connectivity index (χ1v) is 6.68. The Bertz CT molecular complexity index is 756. The summed E-state index contributed by atoms with van der Waals surface area (Å²) in [5, 5.41) is 13.7. The highest BCUT2D eigenvalue weighted by Gasteiger charge is 2.14. The molecule has 112 valence electrons. The molecule has 2 N–H and O–H groups in total. The molecule has 1 heterocycles. The van der Waals surface area contributed by atoms with Gasteiger partial charge in [0.25, 0.3) is 5.91 Å². The average Bonchev–Trinajstić information content (AvgIpc) is 3.00. The summed E-state index contributed by atoms with van der Waals surface area (Å²) in [6.07, 6.45) is 0. The highest BCUT2D eigenvalue weighted by molar-refractivity contribution is 6.01. The number of aromatic hydroxyl groups is 1. The first-order chi connectivity index (χ1) is 10.6. The number of fused-ring (bicyclic) bond motifs is 1. The summed E-state index contributed by atoms with van der Waals surface area (Å²) in [4.78, 5) is 12.0. The number of nitrogens with one attached hydrogen (secondary N) is 1. The number of nitrogens with zero attached hydrogens (tertiary/aromatic N) is 1. The van der Waals surface area contributed by atoms with Gasteiger partial charge in [0.05, 0.1) is 11.3 Å². The third kappa shape index (κ3) is 2.71. The van der Waals surface area contributed by atoms with Crippen LogP contribution in [-0.4, -0.2) is 23.5 Å². The molecule has 0 aromatic heterocycles. The molecule has 0 bridgehead atoms. The van der Waals surface area contributed by atoms with Gasteiger partial charge < -0.3 is 14.6 Å². The molecule has 1 amide bonds. The number of hydrogen-bond donors (Lipinski definition) is 2. The Hall–Kier alpha value is -3.02. The lowest BCUT2D eigenvalue weighted by Gasteiger charge is -2.05. The van der Waals surface area contributed by atoms with Crippen molar-refractivity contribution in [3.8, 4) is 17.2 Å². The molecule has 0 saturated heterocycles. The van der Waals surface area contributed by atoms with Crippen LogP contribution in [0, 0.1) is 0 Å². The normalized spacial score (nSPS) is 13.0. The van der Waals surface area contributed by atoms with Gasteiger partial charge in [0.1, 0.15) is 5.75 Å². The Morgan fingerprint density at radius 3 is 2.77 bits per heavy atom. The van der Waals surface area contributed by atoms with Gasteiger partial charge in [0.15, 0.2) is 11.5 Å². The number of hydrazone groups is 1. The van der Waals surface area contributed by atoms with E-state index in [-0.39, 0.29) is 18.1 Å². The molecule has 0 atom stereocenters. The van der Waals surface area contributed by atoms with E-state index in [1.165, 1.54) is 12.1 Å². The maximum absolute atomic E-state index is 12.0. The van der Waals surface area contributed by atoms with Crippen LogP contribution < -0.4 is 14.9 Å². The second-order valence-corrected chi connectivity index (χ2v) is 4.72. The van der Waals surface area contributed by atoms with Crippen molar-refractivity contribution in [1.82, 2.24) is 5.43 Å². The summed E-state index contributed by atoms with van der Waals surface area (Å²) in [5.74, 6) is 0.781. The summed E-state index contributed by atoms with van der Waals surface area (Å²) in [6.45, 7) is 1.97. The number of benzene rings is 2. The van der Waals surface area contributed by atoms with Crippen LogP contribution in [0.1, 0.15) is 22.8 Å². The van der Waals surface area contributed by atoms with Crippen molar-refractivity contribution < 1.29 is 19.4 Å². The van der Waals surface area contributed by atoms with E-state index in [0.717, 1.165) is 5.56 Å². The van der Waals surface area contributed by atoms with Gasteiger partial charge >= 0.3 is 0 Å². The van der Waals surface area contributed by atoms with Crippen LogP contribution in [0.25, 0.3) is 0 Å². The molecule has 6 heteroatoms. The largest absolute Gasteiger partial charge is 0.507 e. The molecule has 3 rings (SSSR count). The second kappa shape index (κ2) is 5.77. The maximum atomic E-state index is 12.0. The fraction of sp³-hybridized carbons (Fsp3) is 0.125. The van der Waals surface area contributed by atoms with Gasteiger partial charge in [-0.05, 0) is 37.3 Å². The quantitative estimate of drug-likeness (QED) is 0.673. The topological polar surface area (TPSA) is 80.2 Å². The van der Waals surface area contributed by atoms with E-state index >= 15 is 0 Å². The van der Waals surface area contributed by atoms with Crippen LogP contribution in [-0.2, 0) is 0 Å². The molecule has 6 nitrogen and oxygen atoms in total. The van der Waals surface area contributed by atoms with Gasteiger partial charge in [-0.1, -0.05) is 12.1 Å². The number of rotatable bonds is 3. The van der Waals surface area contributed by atoms with Crippen LogP contribution >= 0.6 is 0 Å². The van der Waals surface area contributed by atoms with Crippen molar-refractivity contribution in [1.29, 1.82) is 0 Å². The van der Waals surface area contributed by atoms with Crippen LogP contribution in [0.4, 0.5) is 0 Å². The molecule has 2 aromatic carbocycles. The Kier molecular flexibility index (Phi) is 3.65. The third-order valence-corrected chi connectivity index (χ3v) is 3.26. The molecular weight excluding hydrogens is 284 g/mol. The number of carbonyl (C=O) groups excluding carboxylic acids is 1. The van der Waals surface area contributed by atoms with Crippen LogP contribution in [0.3, 0.4) is 0 Å². The number of para-hydroxylation sites is 1. The fourth-order valence-electron chi connectivity index (χ4n) is 2.05. The predicted molar refractivity (Wildman–Crippen MR) is 80.3 cm³/mol. The van der Waals surface area contributed by atoms with E-state index in [4.69, 9.17) is 9.47 Å². The van der Waals surface area contributed by atoms with Crippen molar-refractivity contribution in [2.75, 3.05) is 6.79 Å². The summed E-state index contributed by atoms with van der Waals surface area (Å²) in [7, 11) is 0. The molecule has 0 unspecified atom stereocenters. The number of phenolic OH excluding ortho intramolecular Hbond substituents is 1. The maximum Gasteiger partial charge on any atom is 0.275 e. The molecule has 0 aliphatic carbocycles. The zero-order valence-corrected chi connectivity index (χ0v) is 11.9. The van der Waals surface area contributed by atoms with Crippen LogP contribution in [0.5, 0.6) is 17.2 Å². The van der Waals surface area contributed by atoms with E-state index in [2.05, 4.69) is 10.5 Å². The lowest BCUT2D eigenvalue weighted by atomic mass is 10.1. The van der Waals surface area contributed by atoms with Crippen molar-refractivity contribution in [2.24, 2.45) is 5.10 Å². The number of phenols is 1. The van der Waals surface area contributed by atoms with Gasteiger partial charge in [-0.2, -0.15) is 5.10 Å². The smallest absolute Gasteiger partial charge is 0.275 e. The summed E-state index contributed by atoms with van der Waals surface area (Å²) in [6, 6.07) is 11.7. The Balaban J connectivity index is 1.75. The Morgan fingerprint density at radius 1 is 1.18 bits per heavy atom. The SMILES string of the molecule is CC(=NNC(=O)c1ccccc1O)c1ccc2c(c1)OCO2.